The monoisotopic (exact) mass is 360 g/mol. The molecule has 26 heavy (non-hydrogen) atoms. The number of nitrogens with one attached hydrogen (secondary N) is 1. The van der Waals surface area contributed by atoms with Gasteiger partial charge in [0.2, 0.25) is 5.91 Å². The second-order valence-corrected chi connectivity index (χ2v) is 6.59. The van der Waals surface area contributed by atoms with Crippen LogP contribution in [0.25, 0.3) is 0 Å². The minimum Gasteiger partial charge on any atom is -0.469 e. The minimum atomic E-state index is -0.199. The molecule has 2 atom stereocenters. The maximum Gasteiger partial charge on any atom is 0.254 e. The largest absolute Gasteiger partial charge is 0.469 e. The van der Waals surface area contributed by atoms with E-state index in [0.29, 0.717) is 37.4 Å². The first kappa shape index (κ1) is 18.2. The van der Waals surface area contributed by atoms with Crippen LogP contribution < -0.4 is 5.32 Å². The lowest BCUT2D eigenvalue weighted by Gasteiger charge is -2.27. The molecule has 1 N–H and O–H groups in total. The first-order valence-corrected chi connectivity index (χ1v) is 8.60. The molecule has 0 radical (unpaired) electrons. The fourth-order valence-electron chi connectivity index (χ4n) is 3.43. The predicted molar refractivity (Wildman–Crippen MR) is 93.4 cm³/mol. The zero-order valence-corrected chi connectivity index (χ0v) is 15.3. The molecule has 0 spiro atoms. The van der Waals surface area contributed by atoms with Crippen molar-refractivity contribution < 1.29 is 18.7 Å². The second-order valence-electron chi connectivity index (χ2n) is 6.59. The zero-order valence-electron chi connectivity index (χ0n) is 15.3. The maximum absolute atomic E-state index is 12.5. The standard InChI is InChI=1S/C18H24N4O4/c1-12-6-14(11-26-12)18(24)19-8-13-7-16(23)22(4-5-25-3)17(13)15-9-20-21(2)10-15/h6,9-11,13,17H,4-5,7-8H2,1-3H3,(H,19,24)/t13-,17+/m1/s1. The summed E-state index contributed by atoms with van der Waals surface area (Å²) >= 11 is 0. The number of likely N-dealkylation sites (tertiary alicyclic amines) is 1. The fraction of sp³-hybridized carbons (Fsp3) is 0.500. The molecular weight excluding hydrogens is 336 g/mol. The third-order valence-corrected chi connectivity index (χ3v) is 4.66. The number of furan rings is 1. The van der Waals surface area contributed by atoms with E-state index in [0.717, 1.165) is 5.56 Å². The van der Waals surface area contributed by atoms with Crippen LogP contribution in [-0.2, 0) is 16.6 Å². The Labute approximate surface area is 152 Å². The number of hydrogen-bond acceptors (Lipinski definition) is 5. The van der Waals surface area contributed by atoms with Crippen LogP contribution in [0.4, 0.5) is 0 Å². The number of nitrogens with zero attached hydrogens (tertiary/aromatic N) is 3. The normalized spacial score (nSPS) is 20.0. The number of carbonyl (C=O) groups is 2. The third-order valence-electron chi connectivity index (χ3n) is 4.66. The van der Waals surface area contributed by atoms with Crippen LogP contribution in [0, 0.1) is 12.8 Å². The van der Waals surface area contributed by atoms with Gasteiger partial charge in [-0.15, -0.1) is 0 Å². The van der Waals surface area contributed by atoms with Gasteiger partial charge in [0, 0.05) is 51.3 Å². The molecule has 140 valence electrons. The van der Waals surface area contributed by atoms with E-state index < -0.39 is 0 Å². The van der Waals surface area contributed by atoms with Crippen LogP contribution >= 0.6 is 0 Å². The average molecular weight is 360 g/mol. The highest BCUT2D eigenvalue weighted by atomic mass is 16.5. The van der Waals surface area contributed by atoms with E-state index >= 15 is 0 Å². The lowest BCUT2D eigenvalue weighted by Crippen LogP contribution is -2.35. The quantitative estimate of drug-likeness (QED) is 0.804. The van der Waals surface area contributed by atoms with Gasteiger partial charge in [-0.3, -0.25) is 14.3 Å². The summed E-state index contributed by atoms with van der Waals surface area (Å²) in [5.74, 6) is 0.523. The number of aromatic nitrogens is 2. The lowest BCUT2D eigenvalue weighted by atomic mass is 9.95. The maximum atomic E-state index is 12.5. The van der Waals surface area contributed by atoms with Gasteiger partial charge in [0.25, 0.3) is 5.91 Å². The average Bonchev–Trinajstić information content (AvgIpc) is 3.30. The Morgan fingerprint density at radius 1 is 1.50 bits per heavy atom. The predicted octanol–water partition coefficient (Wildman–Crippen LogP) is 1.29. The molecule has 3 heterocycles. The van der Waals surface area contributed by atoms with Crippen molar-refractivity contribution >= 4 is 11.8 Å². The second kappa shape index (κ2) is 7.74. The summed E-state index contributed by atoms with van der Waals surface area (Å²) in [6, 6.07) is 1.57. The zero-order chi connectivity index (χ0) is 18.7. The topological polar surface area (TPSA) is 89.6 Å². The molecule has 1 saturated heterocycles. The van der Waals surface area contributed by atoms with E-state index in [1.165, 1.54) is 6.26 Å². The van der Waals surface area contributed by atoms with Crippen molar-refractivity contribution in [3.05, 3.63) is 41.6 Å². The molecule has 3 rings (SSSR count). The van der Waals surface area contributed by atoms with Crippen LogP contribution in [0.3, 0.4) is 0 Å². The smallest absolute Gasteiger partial charge is 0.254 e. The number of hydrogen-bond donors (Lipinski definition) is 1. The van der Waals surface area contributed by atoms with E-state index in [2.05, 4.69) is 10.4 Å². The van der Waals surface area contributed by atoms with Crippen molar-refractivity contribution in [2.45, 2.75) is 19.4 Å². The third kappa shape index (κ3) is 3.80. The first-order chi connectivity index (χ1) is 12.5. The van der Waals surface area contributed by atoms with Crippen molar-refractivity contribution in [3.63, 3.8) is 0 Å². The van der Waals surface area contributed by atoms with Crippen molar-refractivity contribution in [2.75, 3.05) is 26.8 Å². The molecule has 1 aliphatic rings. The fourth-order valence-corrected chi connectivity index (χ4v) is 3.43. The molecule has 0 aliphatic carbocycles. The van der Waals surface area contributed by atoms with Gasteiger partial charge in [0.1, 0.15) is 12.0 Å². The van der Waals surface area contributed by atoms with Crippen molar-refractivity contribution in [1.82, 2.24) is 20.0 Å². The van der Waals surface area contributed by atoms with Gasteiger partial charge in [-0.2, -0.15) is 5.10 Å². The molecule has 0 bridgehead atoms. The van der Waals surface area contributed by atoms with Crippen molar-refractivity contribution in [1.29, 1.82) is 0 Å². The Morgan fingerprint density at radius 3 is 2.92 bits per heavy atom. The highest BCUT2D eigenvalue weighted by molar-refractivity contribution is 5.94. The van der Waals surface area contributed by atoms with Gasteiger partial charge < -0.3 is 19.4 Å². The number of methoxy groups -OCH3 is 1. The molecule has 8 heteroatoms. The molecule has 1 aliphatic heterocycles. The number of amides is 2. The van der Waals surface area contributed by atoms with E-state index in [1.807, 2.05) is 18.1 Å². The number of rotatable bonds is 7. The highest BCUT2D eigenvalue weighted by Crippen LogP contribution is 2.37. The van der Waals surface area contributed by atoms with E-state index in [9.17, 15) is 9.59 Å². The molecule has 2 aromatic heterocycles. The van der Waals surface area contributed by atoms with Gasteiger partial charge in [0.05, 0.1) is 24.4 Å². The Morgan fingerprint density at radius 2 is 2.31 bits per heavy atom. The SMILES string of the molecule is COCCN1C(=O)C[C@H](CNC(=O)c2coc(C)c2)[C@H]1c1cnn(C)c1. The Kier molecular flexibility index (Phi) is 5.41. The summed E-state index contributed by atoms with van der Waals surface area (Å²) in [7, 11) is 3.46. The Hall–Kier alpha value is -2.61. The van der Waals surface area contributed by atoms with Crippen LogP contribution in [0.1, 0.15) is 34.1 Å². The molecule has 1 fully saturated rings. The summed E-state index contributed by atoms with van der Waals surface area (Å²) in [6.07, 6.45) is 5.51. The molecule has 2 aromatic rings. The van der Waals surface area contributed by atoms with Gasteiger partial charge >= 0.3 is 0 Å². The van der Waals surface area contributed by atoms with Gasteiger partial charge in [-0.1, -0.05) is 0 Å². The first-order valence-electron chi connectivity index (χ1n) is 8.60. The van der Waals surface area contributed by atoms with Crippen LogP contribution in [-0.4, -0.2) is 53.3 Å². The lowest BCUT2D eigenvalue weighted by molar-refractivity contribution is -0.129. The summed E-state index contributed by atoms with van der Waals surface area (Å²) in [6.45, 7) is 3.17. The highest BCUT2D eigenvalue weighted by Gasteiger charge is 2.41. The Bertz CT molecular complexity index is 782. The number of ether oxygens (including phenoxy) is 1. The van der Waals surface area contributed by atoms with Gasteiger partial charge in [-0.05, 0) is 13.0 Å². The summed E-state index contributed by atoms with van der Waals surface area (Å²) in [4.78, 5) is 26.6. The van der Waals surface area contributed by atoms with E-state index in [-0.39, 0.29) is 23.8 Å². The number of aryl methyl sites for hydroxylation is 2. The molecule has 0 saturated carbocycles. The molecule has 0 aromatic carbocycles. The number of carbonyl (C=O) groups excluding carboxylic acids is 2. The minimum absolute atomic E-state index is 0.0273. The van der Waals surface area contributed by atoms with Crippen molar-refractivity contribution in [2.24, 2.45) is 13.0 Å². The van der Waals surface area contributed by atoms with Crippen LogP contribution in [0.5, 0.6) is 0 Å². The molecule has 8 nitrogen and oxygen atoms in total. The van der Waals surface area contributed by atoms with E-state index in [4.69, 9.17) is 9.15 Å². The molecular formula is C18H24N4O4. The molecule has 2 amide bonds. The summed E-state index contributed by atoms with van der Waals surface area (Å²) < 4.78 is 12.0. The van der Waals surface area contributed by atoms with Crippen molar-refractivity contribution in [3.8, 4) is 0 Å². The summed E-state index contributed by atoms with van der Waals surface area (Å²) in [5, 5.41) is 7.15. The Balaban J connectivity index is 1.73. The molecule has 0 unspecified atom stereocenters. The van der Waals surface area contributed by atoms with Gasteiger partial charge in [0.15, 0.2) is 0 Å². The van der Waals surface area contributed by atoms with Crippen LogP contribution in [0.15, 0.2) is 29.1 Å². The summed E-state index contributed by atoms with van der Waals surface area (Å²) in [5.41, 5.74) is 1.45. The van der Waals surface area contributed by atoms with Crippen LogP contribution in [0.2, 0.25) is 0 Å². The van der Waals surface area contributed by atoms with E-state index in [1.54, 1.807) is 31.0 Å². The van der Waals surface area contributed by atoms with Gasteiger partial charge in [-0.25, -0.2) is 0 Å².